The van der Waals surface area contributed by atoms with Crippen molar-refractivity contribution in [2.75, 3.05) is 13.1 Å². The lowest BCUT2D eigenvalue weighted by atomic mass is 9.95. The van der Waals surface area contributed by atoms with Crippen LogP contribution < -0.4 is 5.32 Å². The van der Waals surface area contributed by atoms with Crippen molar-refractivity contribution < 1.29 is 0 Å². The first kappa shape index (κ1) is 10.3. The highest BCUT2D eigenvalue weighted by atomic mass is 15.4. The van der Waals surface area contributed by atoms with Crippen LogP contribution in [0.25, 0.3) is 0 Å². The minimum absolute atomic E-state index is 0.764. The molecule has 1 atom stereocenters. The maximum atomic E-state index is 4.28. The summed E-state index contributed by atoms with van der Waals surface area (Å²) in [4.78, 5) is 0. The fraction of sp³-hybridized carbons (Fsp3) is 0.833. The Morgan fingerprint density at radius 1 is 1.31 bits per heavy atom. The molecule has 1 saturated heterocycles. The van der Waals surface area contributed by atoms with E-state index in [9.17, 15) is 0 Å². The molecule has 1 aliphatic carbocycles. The summed E-state index contributed by atoms with van der Waals surface area (Å²) in [7, 11) is 0. The Kier molecular flexibility index (Phi) is 2.91. The van der Waals surface area contributed by atoms with Crippen LogP contribution in [0.2, 0.25) is 0 Å². The third kappa shape index (κ3) is 2.61. The first-order chi connectivity index (χ1) is 7.90. The van der Waals surface area contributed by atoms with Gasteiger partial charge in [-0.05, 0) is 57.0 Å². The van der Waals surface area contributed by atoms with E-state index < -0.39 is 0 Å². The van der Waals surface area contributed by atoms with Gasteiger partial charge in [0.05, 0.1) is 5.69 Å². The van der Waals surface area contributed by atoms with Crippen molar-refractivity contribution in [1.29, 1.82) is 0 Å². The van der Waals surface area contributed by atoms with Gasteiger partial charge in [0.15, 0.2) is 0 Å². The SMILES string of the molecule is c1c(CC2CCCNC2)nnn1CC1CC1. The van der Waals surface area contributed by atoms with Gasteiger partial charge in [-0.25, -0.2) is 0 Å². The fourth-order valence-corrected chi connectivity index (χ4v) is 2.48. The zero-order valence-corrected chi connectivity index (χ0v) is 9.73. The lowest BCUT2D eigenvalue weighted by Gasteiger charge is -2.21. The Labute approximate surface area is 96.4 Å². The van der Waals surface area contributed by atoms with Crippen molar-refractivity contribution in [2.45, 2.75) is 38.6 Å². The molecule has 1 N–H and O–H groups in total. The molecule has 88 valence electrons. The van der Waals surface area contributed by atoms with Gasteiger partial charge in [-0.3, -0.25) is 4.68 Å². The maximum absolute atomic E-state index is 4.28. The van der Waals surface area contributed by atoms with E-state index in [1.165, 1.54) is 37.9 Å². The average molecular weight is 220 g/mol. The Bertz CT molecular complexity index is 337. The highest BCUT2D eigenvalue weighted by molar-refractivity contribution is 4.95. The second-order valence-corrected chi connectivity index (χ2v) is 5.29. The number of hydrogen-bond donors (Lipinski definition) is 1. The van der Waals surface area contributed by atoms with Gasteiger partial charge < -0.3 is 5.32 Å². The average Bonchev–Trinajstić information content (AvgIpc) is 3.01. The summed E-state index contributed by atoms with van der Waals surface area (Å²) in [6.07, 6.45) is 8.64. The molecule has 4 heteroatoms. The van der Waals surface area contributed by atoms with Crippen LogP contribution in [0.3, 0.4) is 0 Å². The van der Waals surface area contributed by atoms with Crippen molar-refractivity contribution in [3.05, 3.63) is 11.9 Å². The summed E-state index contributed by atoms with van der Waals surface area (Å²) in [5, 5.41) is 11.9. The molecule has 16 heavy (non-hydrogen) atoms. The van der Waals surface area contributed by atoms with Crippen LogP contribution in [-0.4, -0.2) is 28.1 Å². The number of rotatable bonds is 4. The van der Waals surface area contributed by atoms with Gasteiger partial charge in [0, 0.05) is 12.7 Å². The van der Waals surface area contributed by atoms with Gasteiger partial charge in [-0.15, -0.1) is 5.10 Å². The predicted molar refractivity (Wildman–Crippen MR) is 62.0 cm³/mol. The number of piperidine rings is 1. The van der Waals surface area contributed by atoms with Crippen molar-refractivity contribution in [2.24, 2.45) is 11.8 Å². The van der Waals surface area contributed by atoms with E-state index in [1.54, 1.807) is 0 Å². The molecule has 1 aliphatic heterocycles. The van der Waals surface area contributed by atoms with Gasteiger partial charge in [-0.2, -0.15) is 0 Å². The van der Waals surface area contributed by atoms with Crippen molar-refractivity contribution >= 4 is 0 Å². The van der Waals surface area contributed by atoms with Crippen LogP contribution in [0, 0.1) is 11.8 Å². The minimum atomic E-state index is 0.764. The Hall–Kier alpha value is -0.900. The Morgan fingerprint density at radius 2 is 2.25 bits per heavy atom. The smallest absolute Gasteiger partial charge is 0.0830 e. The van der Waals surface area contributed by atoms with E-state index in [4.69, 9.17) is 0 Å². The zero-order chi connectivity index (χ0) is 10.8. The topological polar surface area (TPSA) is 42.7 Å². The third-order valence-corrected chi connectivity index (χ3v) is 3.63. The van der Waals surface area contributed by atoms with Gasteiger partial charge in [0.2, 0.25) is 0 Å². The van der Waals surface area contributed by atoms with E-state index >= 15 is 0 Å². The van der Waals surface area contributed by atoms with Crippen molar-refractivity contribution in [1.82, 2.24) is 20.3 Å². The van der Waals surface area contributed by atoms with Gasteiger partial charge in [0.1, 0.15) is 0 Å². The van der Waals surface area contributed by atoms with Crippen LogP contribution in [0.4, 0.5) is 0 Å². The van der Waals surface area contributed by atoms with Crippen LogP contribution in [0.15, 0.2) is 6.20 Å². The molecule has 1 aromatic rings. The lowest BCUT2D eigenvalue weighted by molar-refractivity contribution is 0.373. The molecule has 2 heterocycles. The molecule has 0 amide bonds. The molecule has 0 aromatic carbocycles. The quantitative estimate of drug-likeness (QED) is 0.830. The molecule has 0 bridgehead atoms. The largest absolute Gasteiger partial charge is 0.316 e. The summed E-state index contributed by atoms with van der Waals surface area (Å²) in [6, 6.07) is 0. The molecule has 1 saturated carbocycles. The molecule has 4 nitrogen and oxygen atoms in total. The Morgan fingerprint density at radius 3 is 3.00 bits per heavy atom. The Balaban J connectivity index is 1.54. The number of nitrogens with zero attached hydrogens (tertiary/aromatic N) is 3. The van der Waals surface area contributed by atoms with Crippen LogP contribution in [0.5, 0.6) is 0 Å². The minimum Gasteiger partial charge on any atom is -0.316 e. The lowest BCUT2D eigenvalue weighted by Crippen LogP contribution is -2.30. The first-order valence-electron chi connectivity index (χ1n) is 6.50. The summed E-state index contributed by atoms with van der Waals surface area (Å²) in [5.74, 6) is 1.64. The maximum Gasteiger partial charge on any atom is 0.0830 e. The van der Waals surface area contributed by atoms with E-state index in [2.05, 4.69) is 21.8 Å². The molecular weight excluding hydrogens is 200 g/mol. The summed E-state index contributed by atoms with van der Waals surface area (Å²) in [5.41, 5.74) is 1.18. The molecule has 2 aliphatic rings. The summed E-state index contributed by atoms with van der Waals surface area (Å²) in [6.45, 7) is 3.41. The highest BCUT2D eigenvalue weighted by Gasteiger charge is 2.22. The molecular formula is C12H20N4. The molecule has 0 radical (unpaired) electrons. The van der Waals surface area contributed by atoms with Crippen LogP contribution in [0.1, 0.15) is 31.4 Å². The molecule has 3 rings (SSSR count). The standard InChI is InChI=1S/C12H20N4/c1-2-11(7-13-5-1)6-12-9-16(15-14-12)8-10-3-4-10/h9-11,13H,1-8H2. The fourth-order valence-electron chi connectivity index (χ4n) is 2.48. The van der Waals surface area contributed by atoms with Crippen molar-refractivity contribution in [3.63, 3.8) is 0 Å². The van der Waals surface area contributed by atoms with Gasteiger partial charge >= 0.3 is 0 Å². The van der Waals surface area contributed by atoms with Gasteiger partial charge in [0.25, 0.3) is 0 Å². The number of aromatic nitrogens is 3. The number of nitrogens with one attached hydrogen (secondary N) is 1. The second kappa shape index (κ2) is 4.53. The summed E-state index contributed by atoms with van der Waals surface area (Å²) < 4.78 is 2.03. The monoisotopic (exact) mass is 220 g/mol. The van der Waals surface area contributed by atoms with Crippen molar-refractivity contribution in [3.8, 4) is 0 Å². The highest BCUT2D eigenvalue weighted by Crippen LogP contribution is 2.30. The first-order valence-corrected chi connectivity index (χ1v) is 6.50. The van der Waals surface area contributed by atoms with E-state index in [0.29, 0.717) is 0 Å². The van der Waals surface area contributed by atoms with Crippen LogP contribution >= 0.6 is 0 Å². The third-order valence-electron chi connectivity index (χ3n) is 3.63. The van der Waals surface area contributed by atoms with E-state index in [0.717, 1.165) is 31.3 Å². The zero-order valence-electron chi connectivity index (χ0n) is 9.73. The predicted octanol–water partition coefficient (Wildman–Crippen LogP) is 1.23. The molecule has 1 aromatic heterocycles. The molecule has 2 fully saturated rings. The van der Waals surface area contributed by atoms with E-state index in [-0.39, 0.29) is 0 Å². The normalized spacial score (nSPS) is 25.9. The van der Waals surface area contributed by atoms with Crippen LogP contribution in [-0.2, 0) is 13.0 Å². The van der Waals surface area contributed by atoms with Gasteiger partial charge in [-0.1, -0.05) is 5.21 Å². The van der Waals surface area contributed by atoms with E-state index in [1.807, 2.05) is 4.68 Å². The molecule has 1 unspecified atom stereocenters. The number of hydrogen-bond acceptors (Lipinski definition) is 3. The second-order valence-electron chi connectivity index (χ2n) is 5.29. The molecule has 0 spiro atoms. The summed E-state index contributed by atoms with van der Waals surface area (Å²) >= 11 is 0.